The minimum absolute atomic E-state index is 0.0306. The molecule has 1 amide bonds. The van der Waals surface area contributed by atoms with E-state index in [1.807, 2.05) is 23.3 Å². The lowest BCUT2D eigenvalue weighted by molar-refractivity contribution is -0.123. The van der Waals surface area contributed by atoms with Crippen molar-refractivity contribution in [1.82, 2.24) is 9.21 Å². The minimum atomic E-state index is -3.20. The number of amides is 1. The van der Waals surface area contributed by atoms with Gasteiger partial charge in [-0.15, -0.1) is 11.3 Å². The van der Waals surface area contributed by atoms with Crippen LogP contribution in [-0.4, -0.2) is 67.2 Å². The maximum Gasteiger partial charge on any atom is 0.264 e. The molecule has 3 heterocycles. The number of piperidine rings is 1. The number of ether oxygens (including phenoxy) is 1. The summed E-state index contributed by atoms with van der Waals surface area (Å²) in [6, 6.07) is 2.20. The van der Waals surface area contributed by atoms with Gasteiger partial charge in [-0.05, 0) is 62.5 Å². The van der Waals surface area contributed by atoms with Gasteiger partial charge in [-0.1, -0.05) is 0 Å². The van der Waals surface area contributed by atoms with Crippen molar-refractivity contribution in [3.05, 3.63) is 21.9 Å². The number of rotatable bonds is 4. The fourth-order valence-electron chi connectivity index (χ4n) is 4.59. The molecule has 1 spiro atoms. The molecule has 8 heteroatoms. The second-order valence-corrected chi connectivity index (χ2v) is 11.0. The third-order valence-electron chi connectivity index (χ3n) is 6.13. The Morgan fingerprint density at radius 2 is 1.96 bits per heavy atom. The van der Waals surface area contributed by atoms with Gasteiger partial charge in [-0.2, -0.15) is 4.31 Å². The molecule has 2 saturated heterocycles. The smallest absolute Gasteiger partial charge is 0.264 e. The SMILES string of the molecule is Cc1ccsc1C(=O)N1CCC2(CC1)CC(N(C1CC1)S(C)(=O)=O)CCO2. The Morgan fingerprint density at radius 1 is 1.26 bits per heavy atom. The molecule has 150 valence electrons. The van der Waals surface area contributed by atoms with Crippen LogP contribution in [0, 0.1) is 6.92 Å². The van der Waals surface area contributed by atoms with Crippen molar-refractivity contribution < 1.29 is 17.9 Å². The highest BCUT2D eigenvalue weighted by molar-refractivity contribution is 7.88. The average Bonchev–Trinajstić information content (AvgIpc) is 3.33. The summed E-state index contributed by atoms with van der Waals surface area (Å²) >= 11 is 1.50. The average molecular weight is 413 g/mol. The molecule has 3 aliphatic rings. The fourth-order valence-corrected chi connectivity index (χ4v) is 6.96. The van der Waals surface area contributed by atoms with Gasteiger partial charge in [0.15, 0.2) is 0 Å². The van der Waals surface area contributed by atoms with Crippen molar-refractivity contribution in [2.75, 3.05) is 26.0 Å². The lowest BCUT2D eigenvalue weighted by Crippen LogP contribution is -2.55. The first-order valence-electron chi connectivity index (χ1n) is 9.75. The Labute approximate surface area is 165 Å². The van der Waals surface area contributed by atoms with Crippen molar-refractivity contribution >= 4 is 27.3 Å². The van der Waals surface area contributed by atoms with Crippen LogP contribution in [0.25, 0.3) is 0 Å². The lowest BCUT2D eigenvalue weighted by atomic mass is 9.82. The van der Waals surface area contributed by atoms with Crippen molar-refractivity contribution in [2.45, 2.75) is 63.1 Å². The number of carbonyl (C=O) groups excluding carboxylic acids is 1. The van der Waals surface area contributed by atoms with Crippen LogP contribution in [0.3, 0.4) is 0 Å². The Morgan fingerprint density at radius 3 is 2.52 bits per heavy atom. The maximum absolute atomic E-state index is 12.8. The maximum atomic E-state index is 12.8. The van der Waals surface area contributed by atoms with E-state index in [0.717, 1.165) is 49.0 Å². The second-order valence-electron chi connectivity index (χ2n) is 8.23. The molecule has 0 N–H and O–H groups in total. The summed E-state index contributed by atoms with van der Waals surface area (Å²) in [6.45, 7) is 3.92. The monoisotopic (exact) mass is 412 g/mol. The van der Waals surface area contributed by atoms with Crippen molar-refractivity contribution in [1.29, 1.82) is 0 Å². The minimum Gasteiger partial charge on any atom is -0.375 e. The molecule has 2 aliphatic heterocycles. The molecule has 1 saturated carbocycles. The predicted molar refractivity (Wildman–Crippen MR) is 106 cm³/mol. The van der Waals surface area contributed by atoms with E-state index in [9.17, 15) is 13.2 Å². The van der Waals surface area contributed by atoms with Crippen LogP contribution in [0.1, 0.15) is 53.8 Å². The zero-order valence-electron chi connectivity index (χ0n) is 16.0. The fraction of sp³-hybridized carbons (Fsp3) is 0.737. The molecular formula is C19H28N2O4S2. The third kappa shape index (κ3) is 3.95. The van der Waals surface area contributed by atoms with Gasteiger partial charge in [0, 0.05) is 31.8 Å². The highest BCUT2D eigenvalue weighted by atomic mass is 32.2. The summed E-state index contributed by atoms with van der Waals surface area (Å²) in [5, 5.41) is 1.96. The van der Waals surface area contributed by atoms with Crippen LogP contribution in [-0.2, 0) is 14.8 Å². The van der Waals surface area contributed by atoms with Gasteiger partial charge in [-0.25, -0.2) is 8.42 Å². The Kier molecular flexibility index (Phi) is 5.12. The van der Waals surface area contributed by atoms with Gasteiger partial charge in [0.05, 0.1) is 16.7 Å². The van der Waals surface area contributed by atoms with Crippen LogP contribution in [0.15, 0.2) is 11.4 Å². The molecule has 1 aliphatic carbocycles. The normalized spacial score (nSPS) is 25.9. The Bertz CT molecular complexity index is 807. The first-order valence-corrected chi connectivity index (χ1v) is 12.5. The van der Waals surface area contributed by atoms with Crippen LogP contribution < -0.4 is 0 Å². The van der Waals surface area contributed by atoms with E-state index in [1.165, 1.54) is 17.6 Å². The van der Waals surface area contributed by atoms with Crippen LogP contribution in [0.2, 0.25) is 0 Å². The molecule has 27 heavy (non-hydrogen) atoms. The standard InChI is InChI=1S/C19H28N2O4S2/c1-14-6-12-26-17(14)18(22)20-9-7-19(8-10-20)13-16(5-11-25-19)21(15-3-4-15)27(2,23)24/h6,12,15-16H,3-5,7-11,13H2,1-2H3. The summed E-state index contributed by atoms with van der Waals surface area (Å²) in [4.78, 5) is 15.5. The molecule has 1 unspecified atom stereocenters. The van der Waals surface area contributed by atoms with Gasteiger partial charge >= 0.3 is 0 Å². The van der Waals surface area contributed by atoms with E-state index in [1.54, 1.807) is 4.31 Å². The van der Waals surface area contributed by atoms with Gasteiger partial charge in [-0.3, -0.25) is 4.79 Å². The molecule has 3 fully saturated rings. The molecule has 0 radical (unpaired) electrons. The van der Waals surface area contributed by atoms with E-state index >= 15 is 0 Å². The van der Waals surface area contributed by atoms with E-state index in [0.29, 0.717) is 19.7 Å². The highest BCUT2D eigenvalue weighted by Crippen LogP contribution is 2.41. The van der Waals surface area contributed by atoms with Crippen LogP contribution >= 0.6 is 11.3 Å². The summed E-state index contributed by atoms with van der Waals surface area (Å²) in [5.41, 5.74) is 0.745. The molecule has 4 rings (SSSR count). The summed E-state index contributed by atoms with van der Waals surface area (Å²) in [7, 11) is -3.20. The number of sulfonamides is 1. The third-order valence-corrected chi connectivity index (χ3v) is 8.50. The number of hydrogen-bond donors (Lipinski definition) is 0. The number of hydrogen-bond acceptors (Lipinski definition) is 5. The van der Waals surface area contributed by atoms with Crippen molar-refractivity contribution in [2.24, 2.45) is 0 Å². The molecular weight excluding hydrogens is 384 g/mol. The summed E-state index contributed by atoms with van der Waals surface area (Å²) in [5.74, 6) is 0.112. The predicted octanol–water partition coefficient (Wildman–Crippen LogP) is 2.63. The quantitative estimate of drug-likeness (QED) is 0.762. The number of thiophene rings is 1. The Hall–Kier alpha value is -0.960. The van der Waals surface area contributed by atoms with E-state index in [2.05, 4.69) is 0 Å². The molecule has 0 bridgehead atoms. The lowest BCUT2D eigenvalue weighted by Gasteiger charge is -2.48. The van der Waals surface area contributed by atoms with Gasteiger partial charge in [0.2, 0.25) is 10.0 Å². The van der Waals surface area contributed by atoms with E-state index in [-0.39, 0.29) is 23.6 Å². The highest BCUT2D eigenvalue weighted by Gasteiger charge is 2.47. The molecule has 1 aromatic heterocycles. The molecule has 6 nitrogen and oxygen atoms in total. The number of likely N-dealkylation sites (tertiary alicyclic amines) is 1. The zero-order valence-corrected chi connectivity index (χ0v) is 17.7. The largest absolute Gasteiger partial charge is 0.375 e. The van der Waals surface area contributed by atoms with Crippen LogP contribution in [0.4, 0.5) is 0 Å². The zero-order chi connectivity index (χ0) is 19.2. The van der Waals surface area contributed by atoms with Gasteiger partial charge in [0.1, 0.15) is 0 Å². The van der Waals surface area contributed by atoms with Crippen molar-refractivity contribution in [3.8, 4) is 0 Å². The topological polar surface area (TPSA) is 66.9 Å². The molecule has 1 atom stereocenters. The van der Waals surface area contributed by atoms with E-state index in [4.69, 9.17) is 4.74 Å². The van der Waals surface area contributed by atoms with E-state index < -0.39 is 10.0 Å². The van der Waals surface area contributed by atoms with Crippen molar-refractivity contribution in [3.63, 3.8) is 0 Å². The van der Waals surface area contributed by atoms with Crippen LogP contribution in [0.5, 0.6) is 0 Å². The number of carbonyl (C=O) groups is 1. The first-order chi connectivity index (χ1) is 12.8. The number of aryl methyl sites for hydroxylation is 1. The summed E-state index contributed by atoms with van der Waals surface area (Å²) < 4.78 is 32.6. The first kappa shape index (κ1) is 19.4. The molecule has 1 aromatic rings. The molecule has 0 aromatic carbocycles. The number of nitrogens with zero attached hydrogens (tertiary/aromatic N) is 2. The summed E-state index contributed by atoms with van der Waals surface area (Å²) in [6.07, 6.45) is 6.35. The Balaban J connectivity index is 1.43. The second kappa shape index (κ2) is 7.13. The van der Waals surface area contributed by atoms with Gasteiger partial charge < -0.3 is 9.64 Å². The van der Waals surface area contributed by atoms with Gasteiger partial charge in [0.25, 0.3) is 5.91 Å².